The lowest BCUT2D eigenvalue weighted by Gasteiger charge is -2.10. The lowest BCUT2D eigenvalue weighted by molar-refractivity contribution is -0.385. The van der Waals surface area contributed by atoms with Crippen molar-refractivity contribution < 1.29 is 19.2 Å². The van der Waals surface area contributed by atoms with E-state index in [4.69, 9.17) is 4.74 Å². The van der Waals surface area contributed by atoms with Crippen molar-refractivity contribution in [3.05, 3.63) is 64.2 Å². The number of amides is 2. The first-order valence-corrected chi connectivity index (χ1v) is 8.39. The number of hydrogen-bond acceptors (Lipinski definition) is 5. The molecule has 0 spiro atoms. The number of nitrogens with one attached hydrogen (secondary N) is 2. The minimum atomic E-state index is -0.563. The van der Waals surface area contributed by atoms with Crippen molar-refractivity contribution in [2.75, 3.05) is 11.9 Å². The predicted octanol–water partition coefficient (Wildman–Crippen LogP) is 2.88. The minimum Gasteiger partial charge on any atom is -0.477 e. The molecule has 0 aliphatic carbocycles. The largest absolute Gasteiger partial charge is 0.477 e. The van der Waals surface area contributed by atoms with Crippen LogP contribution in [0.15, 0.2) is 48.5 Å². The molecule has 142 valence electrons. The lowest BCUT2D eigenvalue weighted by Crippen LogP contribution is -2.28. The summed E-state index contributed by atoms with van der Waals surface area (Å²) < 4.78 is 5.23. The Hall–Kier alpha value is -3.42. The summed E-state index contributed by atoms with van der Waals surface area (Å²) in [6.07, 6.45) is 0. The van der Waals surface area contributed by atoms with Crippen molar-refractivity contribution in [3.63, 3.8) is 0 Å². The van der Waals surface area contributed by atoms with Gasteiger partial charge in [0, 0.05) is 24.2 Å². The average Bonchev–Trinajstić information content (AvgIpc) is 2.65. The highest BCUT2D eigenvalue weighted by atomic mass is 16.6. The van der Waals surface area contributed by atoms with E-state index >= 15 is 0 Å². The number of carbonyl (C=O) groups excluding carboxylic acids is 2. The minimum absolute atomic E-state index is 0.0443. The maximum Gasteiger partial charge on any atom is 0.310 e. The van der Waals surface area contributed by atoms with Gasteiger partial charge in [-0.15, -0.1) is 0 Å². The van der Waals surface area contributed by atoms with Gasteiger partial charge in [0.25, 0.3) is 5.91 Å². The highest BCUT2D eigenvalue weighted by Crippen LogP contribution is 2.25. The molecule has 0 unspecified atom stereocenters. The zero-order valence-electron chi connectivity index (χ0n) is 15.1. The number of benzene rings is 2. The van der Waals surface area contributed by atoms with Crippen molar-refractivity contribution in [2.24, 2.45) is 5.92 Å². The summed E-state index contributed by atoms with van der Waals surface area (Å²) in [7, 11) is 0. The Balaban J connectivity index is 1.82. The molecule has 0 saturated carbocycles. The third-order valence-corrected chi connectivity index (χ3v) is 3.66. The van der Waals surface area contributed by atoms with E-state index in [1.54, 1.807) is 30.3 Å². The molecule has 2 amide bonds. The molecule has 0 aliphatic rings. The van der Waals surface area contributed by atoms with Gasteiger partial charge >= 0.3 is 5.69 Å². The van der Waals surface area contributed by atoms with Crippen LogP contribution in [0.5, 0.6) is 5.75 Å². The fourth-order valence-electron chi connectivity index (χ4n) is 2.12. The highest BCUT2D eigenvalue weighted by Gasteiger charge is 2.14. The summed E-state index contributed by atoms with van der Waals surface area (Å²) in [4.78, 5) is 33.9. The maximum absolute atomic E-state index is 11.9. The zero-order valence-corrected chi connectivity index (χ0v) is 15.1. The Morgan fingerprint density at radius 3 is 2.41 bits per heavy atom. The normalized spacial score (nSPS) is 10.3. The van der Waals surface area contributed by atoms with Gasteiger partial charge in [0.1, 0.15) is 0 Å². The van der Waals surface area contributed by atoms with Gasteiger partial charge in [-0.25, -0.2) is 0 Å². The van der Waals surface area contributed by atoms with E-state index in [0.29, 0.717) is 5.69 Å². The molecule has 0 atom stereocenters. The molecule has 0 bridgehead atoms. The molecule has 2 aromatic rings. The first-order valence-electron chi connectivity index (χ1n) is 8.39. The number of carbonyl (C=O) groups is 2. The maximum atomic E-state index is 11.9. The van der Waals surface area contributed by atoms with Crippen molar-refractivity contribution in [1.29, 1.82) is 0 Å². The summed E-state index contributed by atoms with van der Waals surface area (Å²) in [6.45, 7) is 3.57. The summed E-state index contributed by atoms with van der Waals surface area (Å²) in [6, 6.07) is 13.0. The van der Waals surface area contributed by atoms with Gasteiger partial charge in [0.15, 0.2) is 12.4 Å². The van der Waals surface area contributed by atoms with Crippen LogP contribution in [0.2, 0.25) is 0 Å². The monoisotopic (exact) mass is 371 g/mol. The number of para-hydroxylation sites is 2. The Morgan fingerprint density at radius 2 is 1.78 bits per heavy atom. The van der Waals surface area contributed by atoms with Crippen LogP contribution < -0.4 is 15.4 Å². The first kappa shape index (κ1) is 19.9. The lowest BCUT2D eigenvalue weighted by atomic mass is 10.1. The van der Waals surface area contributed by atoms with E-state index in [1.807, 2.05) is 13.8 Å². The fraction of sp³-hybridized carbons (Fsp3) is 0.263. The number of nitrogens with zero attached hydrogens (tertiary/aromatic N) is 1. The van der Waals surface area contributed by atoms with E-state index < -0.39 is 10.8 Å². The van der Waals surface area contributed by atoms with Crippen LogP contribution >= 0.6 is 0 Å². The summed E-state index contributed by atoms with van der Waals surface area (Å²) in [5.41, 5.74) is 1.34. The van der Waals surface area contributed by atoms with Gasteiger partial charge in [0.2, 0.25) is 5.91 Å². The van der Waals surface area contributed by atoms with Crippen molar-refractivity contribution in [2.45, 2.75) is 20.4 Å². The smallest absolute Gasteiger partial charge is 0.310 e. The third kappa shape index (κ3) is 6.10. The second-order valence-corrected chi connectivity index (χ2v) is 6.13. The number of ether oxygens (including phenoxy) is 1. The molecular weight excluding hydrogens is 350 g/mol. The molecule has 2 rings (SSSR count). The molecule has 0 radical (unpaired) electrons. The number of anilines is 1. The Morgan fingerprint density at radius 1 is 1.11 bits per heavy atom. The Bertz CT molecular complexity index is 818. The molecule has 8 heteroatoms. The van der Waals surface area contributed by atoms with Crippen LogP contribution in [-0.4, -0.2) is 23.3 Å². The molecule has 0 aromatic heterocycles. The molecule has 0 aliphatic heterocycles. The number of hydrogen-bond donors (Lipinski definition) is 2. The Kier molecular flexibility index (Phi) is 6.87. The molecule has 2 N–H and O–H groups in total. The Labute approximate surface area is 156 Å². The van der Waals surface area contributed by atoms with Crippen LogP contribution in [0.4, 0.5) is 11.4 Å². The molecule has 0 heterocycles. The molecule has 0 fully saturated rings. The van der Waals surface area contributed by atoms with E-state index in [9.17, 15) is 19.7 Å². The van der Waals surface area contributed by atoms with Gasteiger partial charge < -0.3 is 15.4 Å². The van der Waals surface area contributed by atoms with Gasteiger partial charge in [-0.2, -0.15) is 0 Å². The van der Waals surface area contributed by atoms with Crippen molar-refractivity contribution in [3.8, 4) is 5.75 Å². The zero-order chi connectivity index (χ0) is 19.8. The van der Waals surface area contributed by atoms with Crippen LogP contribution in [0.1, 0.15) is 19.4 Å². The van der Waals surface area contributed by atoms with Crippen LogP contribution in [0.25, 0.3) is 0 Å². The number of nitro benzene ring substituents is 1. The predicted molar refractivity (Wildman–Crippen MR) is 100 cm³/mol. The third-order valence-electron chi connectivity index (χ3n) is 3.66. The van der Waals surface area contributed by atoms with E-state index in [1.165, 1.54) is 18.2 Å². The topological polar surface area (TPSA) is 111 Å². The quantitative estimate of drug-likeness (QED) is 0.547. The fourth-order valence-corrected chi connectivity index (χ4v) is 2.12. The van der Waals surface area contributed by atoms with Gasteiger partial charge in [-0.05, 0) is 23.8 Å². The molecule has 27 heavy (non-hydrogen) atoms. The van der Waals surface area contributed by atoms with Crippen molar-refractivity contribution in [1.82, 2.24) is 5.32 Å². The number of rotatable bonds is 8. The van der Waals surface area contributed by atoms with Crippen LogP contribution in [-0.2, 0) is 16.1 Å². The summed E-state index contributed by atoms with van der Waals surface area (Å²) >= 11 is 0. The van der Waals surface area contributed by atoms with E-state index in [2.05, 4.69) is 10.6 Å². The standard InChI is InChI=1S/C19H21N3O5/c1-13(2)19(24)21-15-9-7-14(8-10-15)11-20-18(23)12-27-17-6-4-3-5-16(17)22(25)26/h3-10,13H,11-12H2,1-2H3,(H,20,23)(H,21,24). The second kappa shape index (κ2) is 9.33. The second-order valence-electron chi connectivity index (χ2n) is 6.13. The number of nitro groups is 1. The van der Waals surface area contributed by atoms with Crippen molar-refractivity contribution >= 4 is 23.2 Å². The SMILES string of the molecule is CC(C)C(=O)Nc1ccc(CNC(=O)COc2ccccc2[N+](=O)[O-])cc1. The van der Waals surface area contributed by atoms with Gasteiger partial charge in [-0.3, -0.25) is 19.7 Å². The molecule has 8 nitrogen and oxygen atoms in total. The van der Waals surface area contributed by atoms with E-state index in [0.717, 1.165) is 5.56 Å². The average molecular weight is 371 g/mol. The summed E-state index contributed by atoms with van der Waals surface area (Å²) in [5, 5.41) is 16.4. The highest BCUT2D eigenvalue weighted by molar-refractivity contribution is 5.92. The van der Waals surface area contributed by atoms with Crippen LogP contribution in [0, 0.1) is 16.0 Å². The summed E-state index contributed by atoms with van der Waals surface area (Å²) in [5.74, 6) is -0.527. The molecule has 0 saturated heterocycles. The van der Waals surface area contributed by atoms with Crippen LogP contribution in [0.3, 0.4) is 0 Å². The van der Waals surface area contributed by atoms with Gasteiger partial charge in [0.05, 0.1) is 4.92 Å². The van der Waals surface area contributed by atoms with Gasteiger partial charge in [-0.1, -0.05) is 38.1 Å². The molecule has 2 aromatic carbocycles. The first-order chi connectivity index (χ1) is 12.9. The molecular formula is C19H21N3O5. The van der Waals surface area contributed by atoms with E-state index in [-0.39, 0.29) is 36.4 Å².